The Morgan fingerprint density at radius 3 is 2.39 bits per heavy atom. The van der Waals surface area contributed by atoms with E-state index in [-0.39, 0.29) is 17.3 Å². The highest BCUT2D eigenvalue weighted by Gasteiger charge is 2.20. The first-order chi connectivity index (χ1) is 8.31. The van der Waals surface area contributed by atoms with Gasteiger partial charge in [0.25, 0.3) is 0 Å². The maximum absolute atomic E-state index is 13.5. The number of halogens is 1. The molecule has 0 spiro atoms. The van der Waals surface area contributed by atoms with Crippen LogP contribution in [0.4, 0.5) is 4.39 Å². The molecule has 1 N–H and O–H groups in total. The average molecular weight is 251 g/mol. The third kappa shape index (κ3) is 5.18. The molecular formula is C16H26FN. The van der Waals surface area contributed by atoms with Crippen molar-refractivity contribution in [2.24, 2.45) is 5.41 Å². The van der Waals surface area contributed by atoms with Gasteiger partial charge in [0.05, 0.1) is 0 Å². The molecule has 0 radical (unpaired) electrons. The Balaban J connectivity index is 2.93. The van der Waals surface area contributed by atoms with Gasteiger partial charge in [-0.15, -0.1) is 0 Å². The van der Waals surface area contributed by atoms with Gasteiger partial charge in [-0.25, -0.2) is 4.39 Å². The van der Waals surface area contributed by atoms with Gasteiger partial charge in [0.2, 0.25) is 0 Å². The summed E-state index contributed by atoms with van der Waals surface area (Å²) in [6.07, 6.45) is 2.10. The lowest BCUT2D eigenvalue weighted by Crippen LogP contribution is -2.26. The summed E-state index contributed by atoms with van der Waals surface area (Å²) in [5, 5.41) is 3.53. The van der Waals surface area contributed by atoms with Crippen LogP contribution in [0.1, 0.15) is 57.7 Å². The topological polar surface area (TPSA) is 12.0 Å². The fraction of sp³-hybridized carbons (Fsp3) is 0.625. The minimum Gasteiger partial charge on any atom is -0.310 e. The third-order valence-corrected chi connectivity index (χ3v) is 2.92. The molecule has 0 fully saturated rings. The third-order valence-electron chi connectivity index (χ3n) is 2.92. The quantitative estimate of drug-likeness (QED) is 0.805. The second-order valence-corrected chi connectivity index (χ2v) is 6.33. The van der Waals surface area contributed by atoms with Gasteiger partial charge in [0.15, 0.2) is 0 Å². The van der Waals surface area contributed by atoms with Crippen LogP contribution in [-0.2, 0) is 0 Å². The number of aryl methyl sites for hydroxylation is 1. The predicted molar refractivity (Wildman–Crippen MR) is 76.2 cm³/mol. The molecule has 102 valence electrons. The van der Waals surface area contributed by atoms with E-state index in [4.69, 9.17) is 0 Å². The van der Waals surface area contributed by atoms with E-state index in [1.165, 1.54) is 0 Å². The molecule has 1 aromatic rings. The number of rotatable bonds is 5. The summed E-state index contributed by atoms with van der Waals surface area (Å²) in [6.45, 7) is 11.7. The lowest BCUT2D eigenvalue weighted by atomic mass is 9.85. The summed E-state index contributed by atoms with van der Waals surface area (Å²) in [4.78, 5) is 0. The molecule has 1 nitrogen and oxygen atoms in total. The van der Waals surface area contributed by atoms with Crippen molar-refractivity contribution in [3.63, 3.8) is 0 Å². The van der Waals surface area contributed by atoms with Crippen LogP contribution in [0.5, 0.6) is 0 Å². The molecule has 0 saturated carbocycles. The standard InChI is InChI=1S/C16H26FN/c1-6-7-18-15(11-16(3,4)5)13-8-12(2)9-14(17)10-13/h8-10,15,18H,6-7,11H2,1-5H3. The Hall–Kier alpha value is -0.890. The van der Waals surface area contributed by atoms with E-state index in [0.717, 1.165) is 30.5 Å². The molecular weight excluding hydrogens is 225 g/mol. The van der Waals surface area contributed by atoms with Gasteiger partial charge in [-0.1, -0.05) is 33.8 Å². The van der Waals surface area contributed by atoms with E-state index in [1.54, 1.807) is 12.1 Å². The van der Waals surface area contributed by atoms with Gasteiger partial charge in [0.1, 0.15) is 5.82 Å². The van der Waals surface area contributed by atoms with Crippen molar-refractivity contribution in [3.05, 3.63) is 35.1 Å². The lowest BCUT2D eigenvalue weighted by molar-refractivity contribution is 0.311. The van der Waals surface area contributed by atoms with Crippen molar-refractivity contribution in [3.8, 4) is 0 Å². The molecule has 0 saturated heterocycles. The Kier molecular flexibility index (Phi) is 5.33. The van der Waals surface area contributed by atoms with Crippen LogP contribution in [0.3, 0.4) is 0 Å². The van der Waals surface area contributed by atoms with Crippen LogP contribution in [0.25, 0.3) is 0 Å². The number of nitrogens with one attached hydrogen (secondary N) is 1. The van der Waals surface area contributed by atoms with E-state index in [0.29, 0.717) is 0 Å². The first kappa shape index (κ1) is 15.2. The van der Waals surface area contributed by atoms with Gasteiger partial charge in [0, 0.05) is 6.04 Å². The zero-order valence-corrected chi connectivity index (χ0v) is 12.3. The monoisotopic (exact) mass is 251 g/mol. The first-order valence-corrected chi connectivity index (χ1v) is 6.82. The van der Waals surface area contributed by atoms with Crippen molar-refractivity contribution in [2.45, 2.75) is 53.5 Å². The second kappa shape index (κ2) is 6.33. The number of hydrogen-bond acceptors (Lipinski definition) is 1. The van der Waals surface area contributed by atoms with Gasteiger partial charge in [-0.05, 0) is 55.0 Å². The fourth-order valence-electron chi connectivity index (χ4n) is 2.20. The summed E-state index contributed by atoms with van der Waals surface area (Å²) < 4.78 is 13.5. The molecule has 0 amide bonds. The summed E-state index contributed by atoms with van der Waals surface area (Å²) in [6, 6.07) is 5.56. The summed E-state index contributed by atoms with van der Waals surface area (Å²) >= 11 is 0. The Morgan fingerprint density at radius 1 is 1.22 bits per heavy atom. The van der Waals surface area contributed by atoms with Crippen LogP contribution in [-0.4, -0.2) is 6.54 Å². The first-order valence-electron chi connectivity index (χ1n) is 6.82. The van der Waals surface area contributed by atoms with Crippen molar-refractivity contribution >= 4 is 0 Å². The highest BCUT2D eigenvalue weighted by molar-refractivity contribution is 5.26. The molecule has 0 bridgehead atoms. The fourth-order valence-corrected chi connectivity index (χ4v) is 2.20. The van der Waals surface area contributed by atoms with E-state index in [9.17, 15) is 4.39 Å². The molecule has 1 unspecified atom stereocenters. The van der Waals surface area contributed by atoms with E-state index in [1.807, 2.05) is 6.92 Å². The maximum Gasteiger partial charge on any atom is 0.123 e. The molecule has 1 aromatic carbocycles. The maximum atomic E-state index is 13.5. The molecule has 0 aromatic heterocycles. The molecule has 1 rings (SSSR count). The van der Waals surface area contributed by atoms with Gasteiger partial charge in [-0.2, -0.15) is 0 Å². The van der Waals surface area contributed by atoms with E-state index >= 15 is 0 Å². The molecule has 0 aliphatic rings. The molecule has 0 aliphatic carbocycles. The van der Waals surface area contributed by atoms with E-state index < -0.39 is 0 Å². The summed E-state index contributed by atoms with van der Waals surface area (Å²) in [7, 11) is 0. The Bertz CT molecular complexity index is 359. The van der Waals surface area contributed by atoms with Gasteiger partial charge < -0.3 is 5.32 Å². The van der Waals surface area contributed by atoms with Crippen molar-refractivity contribution in [1.29, 1.82) is 0 Å². The molecule has 0 heterocycles. The van der Waals surface area contributed by atoms with E-state index in [2.05, 4.69) is 39.1 Å². The van der Waals surface area contributed by atoms with Gasteiger partial charge >= 0.3 is 0 Å². The Morgan fingerprint density at radius 2 is 1.89 bits per heavy atom. The smallest absolute Gasteiger partial charge is 0.123 e. The van der Waals surface area contributed by atoms with Crippen LogP contribution in [0.15, 0.2) is 18.2 Å². The molecule has 1 atom stereocenters. The van der Waals surface area contributed by atoms with Crippen molar-refractivity contribution < 1.29 is 4.39 Å². The van der Waals surface area contributed by atoms with Crippen molar-refractivity contribution in [2.75, 3.05) is 6.54 Å². The lowest BCUT2D eigenvalue weighted by Gasteiger charge is -2.27. The van der Waals surface area contributed by atoms with Crippen LogP contribution in [0.2, 0.25) is 0 Å². The highest BCUT2D eigenvalue weighted by atomic mass is 19.1. The van der Waals surface area contributed by atoms with Crippen LogP contribution >= 0.6 is 0 Å². The Labute approximate surface area is 111 Å². The normalized spacial score (nSPS) is 13.7. The SMILES string of the molecule is CCCNC(CC(C)(C)C)c1cc(C)cc(F)c1. The largest absolute Gasteiger partial charge is 0.310 e. The summed E-state index contributed by atoms with van der Waals surface area (Å²) in [5.74, 6) is -0.137. The minimum atomic E-state index is -0.137. The predicted octanol–water partition coefficient (Wildman–Crippen LogP) is 4.61. The van der Waals surface area contributed by atoms with Crippen LogP contribution < -0.4 is 5.32 Å². The highest BCUT2D eigenvalue weighted by Crippen LogP contribution is 2.30. The van der Waals surface area contributed by atoms with Gasteiger partial charge in [-0.3, -0.25) is 0 Å². The number of hydrogen-bond donors (Lipinski definition) is 1. The minimum absolute atomic E-state index is 0.137. The average Bonchev–Trinajstić information content (AvgIpc) is 2.21. The summed E-state index contributed by atoms with van der Waals surface area (Å²) in [5.41, 5.74) is 2.28. The van der Waals surface area contributed by atoms with Crippen LogP contribution in [0, 0.1) is 18.2 Å². The van der Waals surface area contributed by atoms with Crippen molar-refractivity contribution in [1.82, 2.24) is 5.32 Å². The molecule has 2 heteroatoms. The number of benzene rings is 1. The molecule has 18 heavy (non-hydrogen) atoms. The molecule has 0 aliphatic heterocycles. The zero-order valence-electron chi connectivity index (χ0n) is 12.3. The second-order valence-electron chi connectivity index (χ2n) is 6.33. The zero-order chi connectivity index (χ0) is 13.8.